The van der Waals surface area contributed by atoms with Crippen molar-refractivity contribution in [3.05, 3.63) is 22.2 Å². The molecule has 0 aliphatic carbocycles. The van der Waals surface area contributed by atoms with E-state index >= 15 is 0 Å². The van der Waals surface area contributed by atoms with E-state index in [0.717, 1.165) is 10.4 Å². The number of aliphatic carboxylic acids is 1. The van der Waals surface area contributed by atoms with Gasteiger partial charge in [0.2, 0.25) is 10.0 Å². The molecular formula is C12H13Cl2NO6S. The van der Waals surface area contributed by atoms with Crippen LogP contribution in [0.25, 0.3) is 0 Å². The summed E-state index contributed by atoms with van der Waals surface area (Å²) in [7, 11) is -2.93. The molecule has 1 saturated heterocycles. The Morgan fingerprint density at radius 2 is 2.05 bits per heavy atom. The Hall–Kier alpha value is -1.06. The second-order valence-corrected chi connectivity index (χ2v) is 7.46. The summed E-state index contributed by atoms with van der Waals surface area (Å²) in [5, 5.41) is 18.9. The summed E-state index contributed by atoms with van der Waals surface area (Å²) in [6.07, 6.45) is -0.534. The minimum atomic E-state index is -4.30. The standard InChI is InChI=1S/C12H13Cl2NO6S/c1-21-7-4-9(12(17)18)15(5-7)22(19,20)10-3-6(13)2-8(14)11(10)16/h2-3,7,9,16H,4-5H2,1H3,(H,17,18)/t7-,9+/m1/s1. The van der Waals surface area contributed by atoms with Crippen molar-refractivity contribution in [2.24, 2.45) is 0 Å². The molecule has 2 atom stereocenters. The van der Waals surface area contributed by atoms with Crippen molar-refractivity contribution in [2.45, 2.75) is 23.5 Å². The third-order valence-electron chi connectivity index (χ3n) is 3.42. The van der Waals surface area contributed by atoms with Crippen molar-refractivity contribution in [1.29, 1.82) is 0 Å². The zero-order chi connectivity index (χ0) is 16.7. The molecule has 2 rings (SSSR count). The minimum absolute atomic E-state index is 0.00994. The van der Waals surface area contributed by atoms with E-state index in [9.17, 15) is 23.4 Å². The van der Waals surface area contributed by atoms with Crippen molar-refractivity contribution in [2.75, 3.05) is 13.7 Å². The summed E-state index contributed by atoms with van der Waals surface area (Å²) in [6.45, 7) is -0.140. The molecular weight excluding hydrogens is 357 g/mol. The van der Waals surface area contributed by atoms with E-state index in [1.807, 2.05) is 0 Å². The number of benzene rings is 1. The lowest BCUT2D eigenvalue weighted by molar-refractivity contribution is -0.140. The van der Waals surface area contributed by atoms with Crippen LogP contribution in [0.5, 0.6) is 5.75 Å². The van der Waals surface area contributed by atoms with Crippen LogP contribution in [0, 0.1) is 0 Å². The number of sulfonamides is 1. The Balaban J connectivity index is 2.52. The fourth-order valence-corrected chi connectivity index (χ4v) is 4.67. The third-order valence-corrected chi connectivity index (χ3v) is 5.81. The van der Waals surface area contributed by atoms with Gasteiger partial charge in [-0.05, 0) is 12.1 Å². The van der Waals surface area contributed by atoms with E-state index in [0.29, 0.717) is 0 Å². The predicted octanol–water partition coefficient (Wildman–Crippen LogP) is 1.56. The van der Waals surface area contributed by atoms with Gasteiger partial charge in [0.15, 0.2) is 5.75 Å². The van der Waals surface area contributed by atoms with E-state index in [1.165, 1.54) is 13.2 Å². The molecule has 1 aliphatic rings. The molecule has 2 N–H and O–H groups in total. The van der Waals surface area contributed by atoms with E-state index < -0.39 is 38.8 Å². The van der Waals surface area contributed by atoms with Crippen molar-refractivity contribution < 1.29 is 28.2 Å². The van der Waals surface area contributed by atoms with Crippen LogP contribution in [0.4, 0.5) is 0 Å². The topological polar surface area (TPSA) is 104 Å². The Labute approximate surface area is 137 Å². The number of hydrogen-bond acceptors (Lipinski definition) is 5. The maximum absolute atomic E-state index is 12.7. The Morgan fingerprint density at radius 1 is 1.41 bits per heavy atom. The summed E-state index contributed by atoms with van der Waals surface area (Å²) in [4.78, 5) is 10.8. The average Bonchev–Trinajstić information content (AvgIpc) is 2.88. The van der Waals surface area contributed by atoms with E-state index in [-0.39, 0.29) is 23.0 Å². The van der Waals surface area contributed by atoms with Crippen LogP contribution < -0.4 is 0 Å². The molecule has 0 saturated carbocycles. The van der Waals surface area contributed by atoms with Gasteiger partial charge < -0.3 is 14.9 Å². The number of rotatable bonds is 4. The second-order valence-electron chi connectivity index (χ2n) is 4.76. The zero-order valence-electron chi connectivity index (χ0n) is 11.4. The summed E-state index contributed by atoms with van der Waals surface area (Å²) >= 11 is 11.5. The Bertz CT molecular complexity index is 708. The first kappa shape index (κ1) is 17.3. The van der Waals surface area contributed by atoms with Gasteiger partial charge in [0.05, 0.1) is 11.1 Å². The lowest BCUT2D eigenvalue weighted by Gasteiger charge is -2.21. The van der Waals surface area contributed by atoms with Crippen LogP contribution in [-0.2, 0) is 19.6 Å². The molecule has 0 bridgehead atoms. The number of ether oxygens (including phenoxy) is 1. The van der Waals surface area contributed by atoms with Gasteiger partial charge in [-0.3, -0.25) is 4.79 Å². The molecule has 10 heteroatoms. The van der Waals surface area contributed by atoms with E-state index in [1.54, 1.807) is 0 Å². The van der Waals surface area contributed by atoms with Gasteiger partial charge in [-0.2, -0.15) is 4.31 Å². The lowest BCUT2D eigenvalue weighted by atomic mass is 10.2. The average molecular weight is 370 g/mol. The molecule has 1 heterocycles. The van der Waals surface area contributed by atoms with Gasteiger partial charge >= 0.3 is 5.97 Å². The van der Waals surface area contributed by atoms with Crippen molar-refractivity contribution >= 4 is 39.2 Å². The van der Waals surface area contributed by atoms with Gasteiger partial charge in [0.25, 0.3) is 0 Å². The van der Waals surface area contributed by atoms with Crippen LogP contribution in [0.15, 0.2) is 17.0 Å². The van der Waals surface area contributed by atoms with Crippen molar-refractivity contribution in [1.82, 2.24) is 4.31 Å². The quantitative estimate of drug-likeness (QED) is 0.834. The summed E-state index contributed by atoms with van der Waals surface area (Å²) in [5.41, 5.74) is 0. The highest BCUT2D eigenvalue weighted by Gasteiger charge is 2.45. The Kier molecular flexibility index (Phi) is 4.88. The normalized spacial score (nSPS) is 22.9. The molecule has 1 aromatic carbocycles. The number of methoxy groups -OCH3 is 1. The van der Waals surface area contributed by atoms with Crippen LogP contribution in [0.1, 0.15) is 6.42 Å². The number of carboxylic acids is 1. The van der Waals surface area contributed by atoms with Crippen molar-refractivity contribution in [3.8, 4) is 5.75 Å². The van der Waals surface area contributed by atoms with Crippen LogP contribution >= 0.6 is 23.2 Å². The summed E-state index contributed by atoms with van der Waals surface area (Å²) in [5.74, 6) is -1.97. The Morgan fingerprint density at radius 3 is 2.59 bits per heavy atom. The molecule has 1 aliphatic heterocycles. The van der Waals surface area contributed by atoms with Crippen LogP contribution in [0.2, 0.25) is 10.0 Å². The first-order chi connectivity index (χ1) is 10.2. The van der Waals surface area contributed by atoms with Gasteiger partial charge in [0, 0.05) is 25.1 Å². The number of phenols is 1. The van der Waals surface area contributed by atoms with Crippen LogP contribution in [-0.4, -0.2) is 54.7 Å². The maximum Gasteiger partial charge on any atom is 0.322 e. The summed E-state index contributed by atoms with van der Waals surface area (Å²) < 4.78 is 31.1. The maximum atomic E-state index is 12.7. The summed E-state index contributed by atoms with van der Waals surface area (Å²) in [6, 6.07) is 0.928. The third kappa shape index (κ3) is 3.02. The van der Waals surface area contributed by atoms with Gasteiger partial charge in [-0.15, -0.1) is 0 Å². The molecule has 1 fully saturated rings. The van der Waals surface area contributed by atoms with E-state index in [4.69, 9.17) is 27.9 Å². The lowest BCUT2D eigenvalue weighted by Crippen LogP contribution is -2.40. The number of carboxylic acid groups (broad SMARTS) is 1. The monoisotopic (exact) mass is 369 g/mol. The van der Waals surface area contributed by atoms with E-state index in [2.05, 4.69) is 0 Å². The highest BCUT2D eigenvalue weighted by Crippen LogP contribution is 2.38. The highest BCUT2D eigenvalue weighted by atomic mass is 35.5. The number of nitrogens with zero attached hydrogens (tertiary/aromatic N) is 1. The van der Waals surface area contributed by atoms with Crippen molar-refractivity contribution in [3.63, 3.8) is 0 Å². The van der Waals surface area contributed by atoms with Gasteiger partial charge in [-0.1, -0.05) is 23.2 Å². The number of aromatic hydroxyl groups is 1. The molecule has 122 valence electrons. The zero-order valence-corrected chi connectivity index (χ0v) is 13.7. The molecule has 7 nitrogen and oxygen atoms in total. The molecule has 0 spiro atoms. The van der Waals surface area contributed by atoms with Gasteiger partial charge in [0.1, 0.15) is 10.9 Å². The highest BCUT2D eigenvalue weighted by molar-refractivity contribution is 7.89. The smallest absolute Gasteiger partial charge is 0.322 e. The SMILES string of the molecule is CO[C@@H]1C[C@@H](C(=O)O)N(S(=O)(=O)c2cc(Cl)cc(Cl)c2O)C1. The molecule has 0 unspecified atom stereocenters. The molecule has 0 radical (unpaired) electrons. The number of phenolic OH excluding ortho intramolecular Hbond substituents is 1. The number of hydrogen-bond donors (Lipinski definition) is 2. The number of halogens is 2. The largest absolute Gasteiger partial charge is 0.505 e. The fraction of sp³-hybridized carbons (Fsp3) is 0.417. The number of carbonyl (C=O) groups is 1. The predicted molar refractivity (Wildman–Crippen MR) is 78.9 cm³/mol. The van der Waals surface area contributed by atoms with Crippen LogP contribution in [0.3, 0.4) is 0 Å². The van der Waals surface area contributed by atoms with Gasteiger partial charge in [-0.25, -0.2) is 8.42 Å². The fourth-order valence-electron chi connectivity index (χ4n) is 2.29. The molecule has 0 amide bonds. The first-order valence-electron chi connectivity index (χ1n) is 6.14. The molecule has 22 heavy (non-hydrogen) atoms. The molecule has 1 aromatic rings. The molecule has 0 aromatic heterocycles. The minimum Gasteiger partial charge on any atom is -0.505 e. The first-order valence-corrected chi connectivity index (χ1v) is 8.33. The second kappa shape index (κ2) is 6.21.